The van der Waals surface area contributed by atoms with Gasteiger partial charge in [0.2, 0.25) is 5.95 Å². The molecule has 0 aliphatic heterocycles. The first-order valence-electron chi connectivity index (χ1n) is 7.31. The van der Waals surface area contributed by atoms with E-state index in [1.807, 2.05) is 30.3 Å². The van der Waals surface area contributed by atoms with Gasteiger partial charge in [0.05, 0.1) is 11.9 Å². The van der Waals surface area contributed by atoms with E-state index in [1.165, 1.54) is 12.4 Å². The number of hydrogen-bond acceptors (Lipinski definition) is 7. The first-order chi connectivity index (χ1) is 12.1. The predicted octanol–water partition coefficient (Wildman–Crippen LogP) is 2.32. The van der Waals surface area contributed by atoms with Crippen LogP contribution in [0.5, 0.6) is 0 Å². The standard InChI is InChI=1S/C16H17ClN6O2/c17-13-9-21-16(22-12(6-18)8-19-10-14(24)25)23-15(13)20-7-11-4-2-1-3-5-11/h1-6,8-9,18-19H,7,10H2,(H,24,25)(H2,20,21,22,23)/b12-8+,18-6?. The smallest absolute Gasteiger partial charge is 0.322 e. The number of nitrogens with zero attached hydrogens (tertiary/aromatic N) is 2. The van der Waals surface area contributed by atoms with E-state index in [9.17, 15) is 4.79 Å². The van der Waals surface area contributed by atoms with E-state index in [0.29, 0.717) is 23.1 Å². The van der Waals surface area contributed by atoms with Gasteiger partial charge in [-0.1, -0.05) is 41.9 Å². The molecule has 0 fully saturated rings. The normalized spacial score (nSPS) is 10.8. The first-order valence-corrected chi connectivity index (χ1v) is 7.69. The molecule has 130 valence electrons. The number of rotatable bonds is 9. The molecule has 0 atom stereocenters. The summed E-state index contributed by atoms with van der Waals surface area (Å²) in [5.41, 5.74) is 1.38. The minimum absolute atomic E-state index is 0.229. The highest BCUT2D eigenvalue weighted by Crippen LogP contribution is 2.20. The van der Waals surface area contributed by atoms with Gasteiger partial charge in [-0.05, 0) is 5.56 Å². The van der Waals surface area contributed by atoms with Crippen LogP contribution >= 0.6 is 11.6 Å². The van der Waals surface area contributed by atoms with Crippen LogP contribution in [0.1, 0.15) is 5.56 Å². The summed E-state index contributed by atoms with van der Waals surface area (Å²) in [6, 6.07) is 9.77. The van der Waals surface area contributed by atoms with E-state index >= 15 is 0 Å². The van der Waals surface area contributed by atoms with Gasteiger partial charge in [0.15, 0.2) is 5.82 Å². The van der Waals surface area contributed by atoms with Crippen molar-refractivity contribution in [2.24, 2.45) is 0 Å². The Morgan fingerprint density at radius 2 is 2.08 bits per heavy atom. The minimum Gasteiger partial charge on any atom is -0.480 e. The van der Waals surface area contributed by atoms with E-state index in [-0.39, 0.29) is 12.5 Å². The van der Waals surface area contributed by atoms with Crippen molar-refractivity contribution in [3.63, 3.8) is 0 Å². The fourth-order valence-electron chi connectivity index (χ4n) is 1.82. The molecule has 0 bridgehead atoms. The summed E-state index contributed by atoms with van der Waals surface area (Å²) in [5, 5.41) is 24.8. The summed E-state index contributed by atoms with van der Waals surface area (Å²) in [5.74, 6) is -0.326. The molecule has 1 aromatic carbocycles. The highest BCUT2D eigenvalue weighted by atomic mass is 35.5. The molecular formula is C16H17ClN6O2. The lowest BCUT2D eigenvalue weighted by atomic mass is 10.2. The number of nitrogens with one attached hydrogen (secondary N) is 4. The molecule has 5 N–H and O–H groups in total. The lowest BCUT2D eigenvalue weighted by Crippen LogP contribution is -2.19. The van der Waals surface area contributed by atoms with Gasteiger partial charge in [0.25, 0.3) is 0 Å². The fraction of sp³-hybridized carbons (Fsp3) is 0.125. The van der Waals surface area contributed by atoms with Crippen LogP contribution in [0.3, 0.4) is 0 Å². The SMILES string of the molecule is N=C/C(=C\NCC(=O)O)Nc1ncc(Cl)c(NCc2ccccc2)n1. The van der Waals surface area contributed by atoms with Crippen LogP contribution in [0.4, 0.5) is 11.8 Å². The summed E-state index contributed by atoms with van der Waals surface area (Å²) in [6.45, 7) is 0.287. The van der Waals surface area contributed by atoms with Gasteiger partial charge < -0.3 is 26.5 Å². The molecule has 0 saturated carbocycles. The minimum atomic E-state index is -1.00. The molecule has 0 amide bonds. The van der Waals surface area contributed by atoms with Crippen LogP contribution in [0.25, 0.3) is 0 Å². The molecule has 0 saturated heterocycles. The quantitative estimate of drug-likeness (QED) is 0.435. The van der Waals surface area contributed by atoms with Crippen LogP contribution in [-0.2, 0) is 11.3 Å². The maximum Gasteiger partial charge on any atom is 0.322 e. The number of halogens is 1. The predicted molar refractivity (Wildman–Crippen MR) is 96.9 cm³/mol. The van der Waals surface area contributed by atoms with E-state index < -0.39 is 5.97 Å². The molecule has 1 heterocycles. The second kappa shape index (κ2) is 9.24. The molecule has 0 aliphatic rings. The van der Waals surface area contributed by atoms with Gasteiger partial charge in [0, 0.05) is 19.0 Å². The topological polar surface area (TPSA) is 123 Å². The monoisotopic (exact) mass is 360 g/mol. The highest BCUT2D eigenvalue weighted by molar-refractivity contribution is 6.32. The van der Waals surface area contributed by atoms with Gasteiger partial charge in [-0.2, -0.15) is 4.98 Å². The second-order valence-corrected chi connectivity index (χ2v) is 5.28. The lowest BCUT2D eigenvalue weighted by molar-refractivity contribution is -0.135. The van der Waals surface area contributed by atoms with Gasteiger partial charge in [-0.3, -0.25) is 4.79 Å². The fourth-order valence-corrected chi connectivity index (χ4v) is 1.98. The van der Waals surface area contributed by atoms with Gasteiger partial charge in [-0.25, -0.2) is 4.98 Å². The Bertz CT molecular complexity index is 766. The van der Waals surface area contributed by atoms with Crippen molar-refractivity contribution >= 4 is 35.6 Å². The number of carboxylic acids is 1. The zero-order chi connectivity index (χ0) is 18.1. The Morgan fingerprint density at radius 1 is 1.32 bits per heavy atom. The van der Waals surface area contributed by atoms with Crippen LogP contribution in [-0.4, -0.2) is 33.8 Å². The van der Waals surface area contributed by atoms with E-state index in [2.05, 4.69) is 25.9 Å². The molecule has 9 heteroatoms. The molecule has 2 rings (SSSR count). The molecule has 1 aromatic heterocycles. The van der Waals surface area contributed by atoms with Crippen molar-refractivity contribution in [3.05, 3.63) is 59.0 Å². The van der Waals surface area contributed by atoms with Crippen LogP contribution < -0.4 is 16.0 Å². The number of aromatic nitrogens is 2. The molecule has 0 radical (unpaired) electrons. The van der Waals surface area contributed by atoms with E-state index in [0.717, 1.165) is 11.8 Å². The summed E-state index contributed by atoms with van der Waals surface area (Å²) < 4.78 is 0. The van der Waals surface area contributed by atoms with Crippen molar-refractivity contribution in [2.75, 3.05) is 17.2 Å². The van der Waals surface area contributed by atoms with Gasteiger partial charge in [-0.15, -0.1) is 0 Å². The van der Waals surface area contributed by atoms with Crippen molar-refractivity contribution in [3.8, 4) is 0 Å². The Morgan fingerprint density at radius 3 is 2.76 bits per heavy atom. The number of benzene rings is 1. The Labute approximate surface area is 149 Å². The first kappa shape index (κ1) is 18.2. The van der Waals surface area contributed by atoms with Crippen LogP contribution in [0.15, 0.2) is 48.4 Å². The molecule has 2 aromatic rings. The lowest BCUT2D eigenvalue weighted by Gasteiger charge is -2.10. The van der Waals surface area contributed by atoms with Crippen molar-refractivity contribution < 1.29 is 9.90 Å². The van der Waals surface area contributed by atoms with E-state index in [4.69, 9.17) is 22.1 Å². The Kier molecular flexibility index (Phi) is 6.73. The Balaban J connectivity index is 2.04. The molecule has 0 spiro atoms. The molecule has 25 heavy (non-hydrogen) atoms. The van der Waals surface area contributed by atoms with Gasteiger partial charge in [0.1, 0.15) is 11.6 Å². The van der Waals surface area contributed by atoms with E-state index in [1.54, 1.807) is 0 Å². The molecule has 0 unspecified atom stereocenters. The zero-order valence-electron chi connectivity index (χ0n) is 13.2. The number of anilines is 2. The maximum absolute atomic E-state index is 10.5. The van der Waals surface area contributed by atoms with Crippen LogP contribution in [0, 0.1) is 5.41 Å². The number of hydrogen-bond donors (Lipinski definition) is 5. The molecule has 0 aliphatic carbocycles. The average molecular weight is 361 g/mol. The highest BCUT2D eigenvalue weighted by Gasteiger charge is 2.06. The third kappa shape index (κ3) is 6.11. The largest absolute Gasteiger partial charge is 0.480 e. The van der Waals surface area contributed by atoms with Crippen LogP contribution in [0.2, 0.25) is 5.02 Å². The summed E-state index contributed by atoms with van der Waals surface area (Å²) in [7, 11) is 0. The maximum atomic E-state index is 10.5. The number of carboxylic acid groups (broad SMARTS) is 1. The summed E-state index contributed by atoms with van der Waals surface area (Å²) in [6.07, 6.45) is 3.82. The number of aliphatic carboxylic acids is 1. The number of allylic oxidation sites excluding steroid dienone is 1. The molecular weight excluding hydrogens is 344 g/mol. The van der Waals surface area contributed by atoms with Gasteiger partial charge >= 0.3 is 5.97 Å². The Hall–Kier alpha value is -3.13. The summed E-state index contributed by atoms with van der Waals surface area (Å²) >= 11 is 6.10. The zero-order valence-corrected chi connectivity index (χ0v) is 13.9. The third-order valence-corrected chi connectivity index (χ3v) is 3.25. The average Bonchev–Trinajstić information content (AvgIpc) is 2.61. The third-order valence-electron chi connectivity index (χ3n) is 2.97. The van der Waals surface area contributed by atoms with Crippen molar-refractivity contribution in [1.82, 2.24) is 15.3 Å². The van der Waals surface area contributed by atoms with Crippen molar-refractivity contribution in [1.29, 1.82) is 5.41 Å². The molecule has 8 nitrogen and oxygen atoms in total. The second-order valence-electron chi connectivity index (χ2n) is 4.87. The van der Waals surface area contributed by atoms with Crippen molar-refractivity contribution in [2.45, 2.75) is 6.54 Å². The summed E-state index contributed by atoms with van der Waals surface area (Å²) in [4.78, 5) is 18.8. The number of carbonyl (C=O) groups is 1.